The fraction of sp³-hybridized carbons (Fsp3) is 0.267. The third-order valence-electron chi connectivity index (χ3n) is 3.13. The molecule has 0 saturated heterocycles. The zero-order valence-electron chi connectivity index (χ0n) is 13.1. The maximum absolute atomic E-state index is 12.7. The molecule has 134 valence electrons. The van der Waals surface area contributed by atoms with E-state index in [1.165, 1.54) is 6.92 Å². The van der Waals surface area contributed by atoms with Crippen molar-refractivity contribution in [1.82, 2.24) is 9.97 Å². The number of carbonyl (C=O) groups excluding carboxylic acids is 1. The molecule has 2 aromatic rings. The summed E-state index contributed by atoms with van der Waals surface area (Å²) in [5.41, 5.74) is -0.976. The summed E-state index contributed by atoms with van der Waals surface area (Å²) >= 11 is 6.59. The number of benzene rings is 1. The van der Waals surface area contributed by atoms with Crippen LogP contribution in [-0.4, -0.2) is 21.1 Å². The number of carbonyl (C=O) groups is 1. The molecule has 2 N–H and O–H groups in total. The second kappa shape index (κ2) is 7.49. The number of H-pyrrole nitrogens is 1. The van der Waals surface area contributed by atoms with E-state index in [0.717, 1.165) is 5.56 Å². The topological polar surface area (TPSA) is 74.8 Å². The fourth-order valence-corrected chi connectivity index (χ4v) is 2.80. The number of aromatic amines is 1. The Bertz CT molecular complexity index is 855. The van der Waals surface area contributed by atoms with E-state index < -0.39 is 28.6 Å². The zero-order chi connectivity index (χ0) is 18.8. The third kappa shape index (κ3) is 5.23. The minimum Gasteiger partial charge on any atom is -0.325 e. The molecule has 0 aliphatic heterocycles. The summed E-state index contributed by atoms with van der Waals surface area (Å²) in [5, 5.41) is 1.99. The van der Waals surface area contributed by atoms with Crippen LogP contribution in [0.2, 0.25) is 5.02 Å². The Hall–Kier alpha value is -2.00. The molecule has 1 amide bonds. The Morgan fingerprint density at radius 3 is 2.68 bits per heavy atom. The number of nitrogens with zero attached hydrogens (tertiary/aromatic N) is 1. The van der Waals surface area contributed by atoms with E-state index in [1.807, 2.05) is 0 Å². The highest BCUT2D eigenvalue weighted by atomic mass is 35.5. The standard InChI is InChI=1S/C15H13ClF3N3O2S/c1-7-3-4-9(16)5-10(7)20-13(24)8(2)25-14-21-11(15(17,18)19)6-12(23)22-14/h3-6,8H,1-2H3,(H,20,24)(H,21,22,23). The molecule has 0 spiro atoms. The first-order valence-corrected chi connectivity index (χ1v) is 8.24. The third-order valence-corrected chi connectivity index (χ3v) is 4.34. The molecule has 0 saturated carbocycles. The van der Waals surface area contributed by atoms with Crippen LogP contribution in [0.3, 0.4) is 0 Å². The lowest BCUT2D eigenvalue weighted by Gasteiger charge is -2.14. The van der Waals surface area contributed by atoms with Gasteiger partial charge in [-0.1, -0.05) is 29.4 Å². The number of halogens is 4. The van der Waals surface area contributed by atoms with Crippen LogP contribution in [0.1, 0.15) is 18.2 Å². The average Bonchev–Trinajstić information content (AvgIpc) is 2.49. The summed E-state index contributed by atoms with van der Waals surface area (Å²) in [6.07, 6.45) is -4.74. The number of rotatable bonds is 4. The van der Waals surface area contributed by atoms with E-state index in [2.05, 4.69) is 15.3 Å². The van der Waals surface area contributed by atoms with Gasteiger partial charge in [-0.05, 0) is 31.5 Å². The Labute approximate surface area is 150 Å². The van der Waals surface area contributed by atoms with Gasteiger partial charge in [-0.25, -0.2) is 4.98 Å². The van der Waals surface area contributed by atoms with E-state index in [-0.39, 0.29) is 5.16 Å². The molecule has 1 aromatic heterocycles. The predicted molar refractivity (Wildman–Crippen MR) is 90.0 cm³/mol. The van der Waals surface area contributed by atoms with Crippen molar-refractivity contribution in [2.45, 2.75) is 30.4 Å². The van der Waals surface area contributed by atoms with E-state index in [9.17, 15) is 22.8 Å². The molecule has 0 bridgehead atoms. The molecular weight excluding hydrogens is 379 g/mol. The number of alkyl halides is 3. The predicted octanol–water partition coefficient (Wildman–Crippen LogP) is 3.87. The Balaban J connectivity index is 2.15. The van der Waals surface area contributed by atoms with Gasteiger partial charge in [0.25, 0.3) is 5.56 Å². The lowest BCUT2D eigenvalue weighted by molar-refractivity contribution is -0.141. The van der Waals surface area contributed by atoms with Crippen molar-refractivity contribution in [3.05, 3.63) is 50.9 Å². The Morgan fingerprint density at radius 2 is 2.04 bits per heavy atom. The number of aromatic nitrogens is 2. The molecular formula is C15H13ClF3N3O2S. The molecule has 10 heteroatoms. The van der Waals surface area contributed by atoms with Gasteiger partial charge in [-0.15, -0.1) is 0 Å². The Kier molecular flexibility index (Phi) is 5.79. The van der Waals surface area contributed by atoms with Crippen molar-refractivity contribution in [2.75, 3.05) is 5.32 Å². The van der Waals surface area contributed by atoms with Gasteiger partial charge in [0.05, 0.1) is 5.25 Å². The number of aryl methyl sites for hydroxylation is 1. The number of thioether (sulfide) groups is 1. The van der Waals surface area contributed by atoms with Gasteiger partial charge < -0.3 is 10.3 Å². The normalized spacial score (nSPS) is 12.7. The number of hydrogen-bond donors (Lipinski definition) is 2. The van der Waals surface area contributed by atoms with E-state index >= 15 is 0 Å². The summed E-state index contributed by atoms with van der Waals surface area (Å²) < 4.78 is 38.1. The van der Waals surface area contributed by atoms with Gasteiger partial charge in [-0.2, -0.15) is 13.2 Å². The van der Waals surface area contributed by atoms with Crippen LogP contribution in [0, 0.1) is 6.92 Å². The first kappa shape index (κ1) is 19.3. The zero-order valence-corrected chi connectivity index (χ0v) is 14.6. The highest BCUT2D eigenvalue weighted by molar-refractivity contribution is 8.00. The average molecular weight is 392 g/mol. The van der Waals surface area contributed by atoms with Crippen molar-refractivity contribution in [3.63, 3.8) is 0 Å². The van der Waals surface area contributed by atoms with Crippen LogP contribution in [0.15, 0.2) is 34.2 Å². The van der Waals surface area contributed by atoms with E-state index in [1.54, 1.807) is 25.1 Å². The second-order valence-electron chi connectivity index (χ2n) is 5.14. The van der Waals surface area contributed by atoms with E-state index in [4.69, 9.17) is 11.6 Å². The van der Waals surface area contributed by atoms with Crippen molar-refractivity contribution in [3.8, 4) is 0 Å². The summed E-state index contributed by atoms with van der Waals surface area (Å²) in [6, 6.07) is 5.32. The molecule has 5 nitrogen and oxygen atoms in total. The van der Waals surface area contributed by atoms with Gasteiger partial charge in [0.1, 0.15) is 0 Å². The first-order valence-electron chi connectivity index (χ1n) is 6.98. The molecule has 1 aromatic carbocycles. The van der Waals surface area contributed by atoms with Gasteiger partial charge in [0, 0.05) is 16.8 Å². The molecule has 2 rings (SSSR count). The van der Waals surface area contributed by atoms with Gasteiger partial charge in [0.2, 0.25) is 5.91 Å². The van der Waals surface area contributed by atoms with Gasteiger partial charge >= 0.3 is 6.18 Å². The maximum Gasteiger partial charge on any atom is 0.433 e. The molecule has 1 heterocycles. The summed E-state index contributed by atoms with van der Waals surface area (Å²) in [7, 11) is 0. The monoisotopic (exact) mass is 391 g/mol. The Morgan fingerprint density at radius 1 is 1.36 bits per heavy atom. The van der Waals surface area contributed by atoms with Crippen molar-refractivity contribution >= 4 is 35.0 Å². The number of nitrogens with one attached hydrogen (secondary N) is 2. The minimum absolute atomic E-state index is 0.287. The fourth-order valence-electron chi connectivity index (χ4n) is 1.82. The van der Waals surface area contributed by atoms with Crippen LogP contribution in [0.5, 0.6) is 0 Å². The number of amides is 1. The number of anilines is 1. The molecule has 0 fully saturated rings. The highest BCUT2D eigenvalue weighted by Gasteiger charge is 2.33. The molecule has 25 heavy (non-hydrogen) atoms. The smallest absolute Gasteiger partial charge is 0.325 e. The molecule has 1 atom stereocenters. The van der Waals surface area contributed by atoms with Gasteiger partial charge in [0.15, 0.2) is 10.9 Å². The van der Waals surface area contributed by atoms with Crippen molar-refractivity contribution < 1.29 is 18.0 Å². The minimum atomic E-state index is -4.74. The van der Waals surface area contributed by atoms with Crippen LogP contribution < -0.4 is 10.9 Å². The van der Waals surface area contributed by atoms with Crippen LogP contribution >= 0.6 is 23.4 Å². The van der Waals surface area contributed by atoms with Crippen molar-refractivity contribution in [1.29, 1.82) is 0 Å². The first-order chi connectivity index (χ1) is 11.6. The second-order valence-corrected chi connectivity index (χ2v) is 6.91. The SMILES string of the molecule is Cc1ccc(Cl)cc1NC(=O)C(C)Sc1nc(C(F)(F)F)cc(=O)[nH]1. The van der Waals surface area contributed by atoms with Gasteiger partial charge in [-0.3, -0.25) is 9.59 Å². The molecule has 0 aliphatic rings. The quantitative estimate of drug-likeness (QED) is 0.613. The highest BCUT2D eigenvalue weighted by Crippen LogP contribution is 2.29. The van der Waals surface area contributed by atoms with E-state index in [0.29, 0.717) is 28.5 Å². The van der Waals surface area contributed by atoms with Crippen LogP contribution in [0.4, 0.5) is 18.9 Å². The molecule has 0 aliphatic carbocycles. The van der Waals surface area contributed by atoms with Crippen LogP contribution in [0.25, 0.3) is 0 Å². The lowest BCUT2D eigenvalue weighted by Crippen LogP contribution is -2.24. The lowest BCUT2D eigenvalue weighted by atomic mass is 10.2. The summed E-state index contributed by atoms with van der Waals surface area (Å²) in [6.45, 7) is 3.26. The van der Waals surface area contributed by atoms with Crippen LogP contribution in [-0.2, 0) is 11.0 Å². The molecule has 1 unspecified atom stereocenters. The van der Waals surface area contributed by atoms with Crippen molar-refractivity contribution in [2.24, 2.45) is 0 Å². The summed E-state index contributed by atoms with van der Waals surface area (Å²) in [5.74, 6) is -0.463. The largest absolute Gasteiger partial charge is 0.433 e. The molecule has 0 radical (unpaired) electrons. The number of hydrogen-bond acceptors (Lipinski definition) is 4. The summed E-state index contributed by atoms with van der Waals surface area (Å²) in [4.78, 5) is 29.1. The maximum atomic E-state index is 12.7.